The number of rotatable bonds is 2. The zero-order chi connectivity index (χ0) is 9.72. The number of carbonyl (C=O) groups excluding carboxylic acids is 2. The molecular weight excluding hydrogens is 160 g/mol. The van der Waals surface area contributed by atoms with Crippen molar-refractivity contribution in [3.05, 3.63) is 0 Å². The lowest BCUT2D eigenvalue weighted by Gasteiger charge is -2.05. The van der Waals surface area contributed by atoms with E-state index in [-0.39, 0.29) is 11.8 Å². The lowest BCUT2D eigenvalue weighted by molar-refractivity contribution is -0.263. The molecule has 4 nitrogen and oxygen atoms in total. The van der Waals surface area contributed by atoms with Crippen molar-refractivity contribution in [2.45, 2.75) is 27.7 Å². The van der Waals surface area contributed by atoms with Gasteiger partial charge in [0.25, 0.3) is 0 Å². The van der Waals surface area contributed by atoms with Crippen molar-refractivity contribution in [3.8, 4) is 0 Å². The summed E-state index contributed by atoms with van der Waals surface area (Å²) in [5.41, 5.74) is 0. The molecule has 0 bridgehead atoms. The molecule has 0 spiro atoms. The normalized spacial score (nSPS) is 10.2. The van der Waals surface area contributed by atoms with E-state index in [4.69, 9.17) is 0 Å². The summed E-state index contributed by atoms with van der Waals surface area (Å²) in [6.45, 7) is 6.63. The molecule has 0 heterocycles. The van der Waals surface area contributed by atoms with Crippen molar-refractivity contribution < 1.29 is 19.4 Å². The molecule has 0 rings (SSSR count). The van der Waals surface area contributed by atoms with Gasteiger partial charge >= 0.3 is 11.9 Å². The van der Waals surface area contributed by atoms with Gasteiger partial charge in [-0.1, -0.05) is 27.7 Å². The van der Waals surface area contributed by atoms with Gasteiger partial charge in [-0.25, -0.2) is 19.4 Å². The van der Waals surface area contributed by atoms with E-state index in [2.05, 4.69) is 9.78 Å². The predicted octanol–water partition coefficient (Wildman–Crippen LogP) is 1.30. The number of carbonyl (C=O) groups is 2. The second-order valence-corrected chi connectivity index (χ2v) is 3.11. The van der Waals surface area contributed by atoms with Crippen LogP contribution in [0.2, 0.25) is 0 Å². The maximum atomic E-state index is 10.8. The van der Waals surface area contributed by atoms with Crippen molar-refractivity contribution in [1.29, 1.82) is 0 Å². The summed E-state index contributed by atoms with van der Waals surface area (Å²) in [6, 6.07) is 0. The maximum absolute atomic E-state index is 10.8. The highest BCUT2D eigenvalue weighted by atomic mass is 17.2. The fraction of sp³-hybridized carbons (Fsp3) is 0.750. The van der Waals surface area contributed by atoms with E-state index in [1.54, 1.807) is 27.7 Å². The van der Waals surface area contributed by atoms with Gasteiger partial charge in [0.1, 0.15) is 0 Å². The van der Waals surface area contributed by atoms with Crippen LogP contribution in [0.15, 0.2) is 0 Å². The highest BCUT2D eigenvalue weighted by molar-refractivity contribution is 5.74. The van der Waals surface area contributed by atoms with E-state index < -0.39 is 11.9 Å². The third kappa shape index (κ3) is 3.95. The first-order chi connectivity index (χ1) is 5.45. The van der Waals surface area contributed by atoms with E-state index in [1.165, 1.54) is 0 Å². The lowest BCUT2D eigenvalue weighted by Crippen LogP contribution is -2.18. The molecular formula is C8H14O4. The van der Waals surface area contributed by atoms with Gasteiger partial charge in [-0.2, -0.15) is 0 Å². The quantitative estimate of drug-likeness (QED) is 0.467. The SMILES string of the molecule is CC(C)C(=O)OOC(=O)C(C)C. The van der Waals surface area contributed by atoms with Gasteiger partial charge in [0, 0.05) is 0 Å². The first-order valence-electron chi connectivity index (χ1n) is 3.87. The Kier molecular flexibility index (Phi) is 4.33. The first kappa shape index (κ1) is 10.9. The molecule has 0 radical (unpaired) electrons. The summed E-state index contributed by atoms with van der Waals surface area (Å²) in [7, 11) is 0. The fourth-order valence-electron chi connectivity index (χ4n) is 0.275. The minimum absolute atomic E-state index is 0.287. The Bertz CT molecular complexity index is 152. The summed E-state index contributed by atoms with van der Waals surface area (Å²) in [5, 5.41) is 0. The van der Waals surface area contributed by atoms with E-state index in [0.717, 1.165) is 0 Å². The highest BCUT2D eigenvalue weighted by Gasteiger charge is 2.15. The van der Waals surface area contributed by atoms with Crippen molar-refractivity contribution in [2.24, 2.45) is 11.8 Å². The topological polar surface area (TPSA) is 52.6 Å². The summed E-state index contributed by atoms with van der Waals surface area (Å²) >= 11 is 0. The Hall–Kier alpha value is -1.06. The number of hydrogen-bond acceptors (Lipinski definition) is 4. The predicted molar refractivity (Wildman–Crippen MR) is 41.9 cm³/mol. The smallest absolute Gasteiger partial charge is 0.247 e. The molecule has 0 aromatic heterocycles. The van der Waals surface area contributed by atoms with Gasteiger partial charge in [-0.15, -0.1) is 0 Å². The molecule has 0 N–H and O–H groups in total. The second kappa shape index (κ2) is 4.74. The van der Waals surface area contributed by atoms with E-state index >= 15 is 0 Å². The van der Waals surface area contributed by atoms with Crippen LogP contribution in [0.4, 0.5) is 0 Å². The molecule has 12 heavy (non-hydrogen) atoms. The van der Waals surface area contributed by atoms with Crippen molar-refractivity contribution >= 4 is 11.9 Å². The molecule has 0 amide bonds. The first-order valence-corrected chi connectivity index (χ1v) is 3.87. The zero-order valence-corrected chi connectivity index (χ0v) is 7.79. The molecule has 0 fully saturated rings. The van der Waals surface area contributed by atoms with Crippen molar-refractivity contribution in [1.82, 2.24) is 0 Å². The average Bonchev–Trinajstić information content (AvgIpc) is 1.98. The van der Waals surface area contributed by atoms with Crippen LogP contribution >= 0.6 is 0 Å². The van der Waals surface area contributed by atoms with Crippen LogP contribution in [0.5, 0.6) is 0 Å². The zero-order valence-electron chi connectivity index (χ0n) is 7.79. The van der Waals surface area contributed by atoms with Gasteiger partial charge in [0.15, 0.2) is 0 Å². The second-order valence-electron chi connectivity index (χ2n) is 3.11. The molecule has 0 saturated heterocycles. The Balaban J connectivity index is 3.69. The van der Waals surface area contributed by atoms with E-state index in [0.29, 0.717) is 0 Å². The van der Waals surface area contributed by atoms with Crippen LogP contribution in [0.1, 0.15) is 27.7 Å². The summed E-state index contributed by atoms with van der Waals surface area (Å²) in [5.74, 6) is -1.65. The molecule has 0 aromatic carbocycles. The van der Waals surface area contributed by atoms with Gasteiger partial charge in [0.2, 0.25) is 0 Å². The van der Waals surface area contributed by atoms with Crippen LogP contribution in [0, 0.1) is 11.8 Å². The van der Waals surface area contributed by atoms with Crippen LogP contribution in [-0.2, 0) is 19.4 Å². The Morgan fingerprint density at radius 1 is 0.833 bits per heavy atom. The largest absolute Gasteiger partial charge is 0.358 e. The van der Waals surface area contributed by atoms with E-state index in [9.17, 15) is 9.59 Å². The Labute approximate surface area is 71.8 Å². The molecule has 0 aliphatic carbocycles. The molecule has 0 aliphatic heterocycles. The van der Waals surface area contributed by atoms with Crippen LogP contribution in [0.25, 0.3) is 0 Å². The molecule has 0 unspecified atom stereocenters. The summed E-state index contributed by atoms with van der Waals surface area (Å²) in [4.78, 5) is 30.0. The van der Waals surface area contributed by atoms with Gasteiger partial charge in [-0.05, 0) is 0 Å². The van der Waals surface area contributed by atoms with Gasteiger partial charge < -0.3 is 0 Å². The summed E-state index contributed by atoms with van der Waals surface area (Å²) in [6.07, 6.45) is 0. The Morgan fingerprint density at radius 3 is 1.25 bits per heavy atom. The van der Waals surface area contributed by atoms with Crippen molar-refractivity contribution in [2.75, 3.05) is 0 Å². The molecule has 0 atom stereocenters. The molecule has 4 heteroatoms. The van der Waals surface area contributed by atoms with Crippen LogP contribution < -0.4 is 0 Å². The monoisotopic (exact) mass is 174 g/mol. The molecule has 0 aromatic rings. The third-order valence-electron chi connectivity index (χ3n) is 1.15. The molecule has 70 valence electrons. The number of hydrogen-bond donors (Lipinski definition) is 0. The standard InChI is InChI=1S/C8H14O4/c1-5(2)7(9)11-12-8(10)6(3)4/h5-6H,1-4H3. The van der Waals surface area contributed by atoms with Crippen LogP contribution in [-0.4, -0.2) is 11.9 Å². The minimum atomic E-state index is -0.538. The van der Waals surface area contributed by atoms with Crippen molar-refractivity contribution in [3.63, 3.8) is 0 Å². The lowest BCUT2D eigenvalue weighted by atomic mass is 10.2. The van der Waals surface area contributed by atoms with E-state index in [1.807, 2.05) is 0 Å². The molecule has 0 aliphatic rings. The minimum Gasteiger partial charge on any atom is -0.247 e. The highest BCUT2D eigenvalue weighted by Crippen LogP contribution is 2.00. The fourth-order valence-corrected chi connectivity index (χ4v) is 0.275. The van der Waals surface area contributed by atoms with Gasteiger partial charge in [-0.3, -0.25) is 0 Å². The summed E-state index contributed by atoms with van der Waals surface area (Å²) < 4.78 is 0. The Morgan fingerprint density at radius 2 is 1.08 bits per heavy atom. The van der Waals surface area contributed by atoms with Gasteiger partial charge in [0.05, 0.1) is 11.8 Å². The third-order valence-corrected chi connectivity index (χ3v) is 1.15. The average molecular weight is 174 g/mol. The molecule has 0 saturated carbocycles. The van der Waals surface area contributed by atoms with Crippen LogP contribution in [0.3, 0.4) is 0 Å². The maximum Gasteiger partial charge on any atom is 0.358 e.